The van der Waals surface area contributed by atoms with Crippen LogP contribution < -0.4 is 180 Å². The minimum Gasteiger partial charge on any atom is -0.587 e. The summed E-state index contributed by atoms with van der Waals surface area (Å²) in [7, 11) is 0. The summed E-state index contributed by atoms with van der Waals surface area (Å²) in [6.45, 7) is 0. The number of amides is 8. The van der Waals surface area contributed by atoms with Crippen molar-refractivity contribution >= 4 is 156 Å². The maximum atomic E-state index is 13.9. The van der Waals surface area contributed by atoms with E-state index in [2.05, 4.69) is 33.4 Å². The van der Waals surface area contributed by atoms with Gasteiger partial charge in [0.05, 0.1) is 58.7 Å². The van der Waals surface area contributed by atoms with Crippen LogP contribution in [-0.2, 0) is 0 Å². The molecule has 0 radical (unpaired) electrons. The minimum atomic E-state index is -0.765. The zero-order valence-corrected chi connectivity index (χ0v) is 56.4. The fraction of sp³-hybridized carbons (Fsp3) is 0. The number of nitrogens with one attached hydrogen (secondary N) is 1. The number of nitriles is 2. The molecule has 0 atom stereocenters. The molecule has 10 aromatic carbocycles. The molecule has 0 fully saturated rings. The molecule has 2 aromatic heterocycles. The zero-order chi connectivity index (χ0) is 50.1. The first-order valence-corrected chi connectivity index (χ1v) is 24.4. The fourth-order valence-electron chi connectivity index (χ4n) is 12.3. The monoisotopic (exact) mass is 1240 g/mol. The van der Waals surface area contributed by atoms with Crippen molar-refractivity contribution in [1.82, 2.24) is 5.32 Å². The van der Waals surface area contributed by atoms with Crippen molar-refractivity contribution in [2.75, 3.05) is 0 Å². The van der Waals surface area contributed by atoms with Gasteiger partial charge in [-0.1, -0.05) is 42.5 Å². The van der Waals surface area contributed by atoms with E-state index in [4.69, 9.17) is 0 Å². The molecule has 0 unspecified atom stereocenters. The Labute approximate surface area is 585 Å². The molecular formula is C58H17N6O8Rb3S2. The summed E-state index contributed by atoms with van der Waals surface area (Å²) in [5, 5.41) is 43.3. The van der Waals surface area contributed by atoms with Crippen LogP contribution in [0.4, 0.5) is 0 Å². The number of imide groups is 4. The summed E-state index contributed by atoms with van der Waals surface area (Å²) in [6.07, 6.45) is 0. The maximum absolute atomic E-state index is 13.9. The smallest absolute Gasteiger partial charge is 0.587 e. The summed E-state index contributed by atoms with van der Waals surface area (Å²) >= 11 is 2.85. The fourth-order valence-corrected chi connectivity index (χ4v) is 14.4. The Morgan fingerprint density at radius 3 is 1.17 bits per heavy atom. The van der Waals surface area contributed by atoms with Gasteiger partial charge in [0.15, 0.2) is 0 Å². The number of thiophene rings is 2. The van der Waals surface area contributed by atoms with Crippen LogP contribution in [0.5, 0.6) is 0 Å². The molecule has 0 saturated heterocycles. The van der Waals surface area contributed by atoms with Crippen LogP contribution in [0.1, 0.15) is 94.0 Å². The first kappa shape index (κ1) is 51.6. The predicted molar refractivity (Wildman–Crippen MR) is 278 cm³/mol. The standard InChI is InChI=1S/C58H20N6O8S2.3Rb/c59-17-19-13-31-45-27(53(67)62-55(31)69)8-4-24-42-29(15-33-46-28(54(68)63-57(33)71)6-2-22(49(42)46)39(19)48(24)45)35-9-11-37(73-35)38-12-10-36(74-38)30-16-34-47-32(56(70)64-58(34)72)14-20(18-60)40-21-1-5-25-44-26(52(66)61-51(25)65)7-3-23(41(21)44)43(30)50(40)47;;;/h1-16H,(H4,61,62,63,64,65,66,67,68,69,70,71,72);;;/q;3*+1/p-3. The van der Waals surface area contributed by atoms with Gasteiger partial charge in [-0.3, -0.25) is 14.9 Å². The second-order valence-corrected chi connectivity index (χ2v) is 20.7. The maximum Gasteiger partial charge on any atom is 1.00 e. The van der Waals surface area contributed by atoms with Gasteiger partial charge in [0.1, 0.15) is 0 Å². The summed E-state index contributed by atoms with van der Waals surface area (Å²) in [5.41, 5.74) is 3.16. The minimum absolute atomic E-state index is 0. The summed E-state index contributed by atoms with van der Waals surface area (Å²) in [5.74, 6) is -5.48. The summed E-state index contributed by atoms with van der Waals surface area (Å²) < 4.78 is 0. The second kappa shape index (κ2) is 18.1. The van der Waals surface area contributed by atoms with E-state index < -0.39 is 47.3 Å². The van der Waals surface area contributed by atoms with Gasteiger partial charge in [-0.2, -0.15) is 10.5 Å². The van der Waals surface area contributed by atoms with Gasteiger partial charge in [-0.05, 0) is 97.7 Å². The van der Waals surface area contributed by atoms with Crippen molar-refractivity contribution in [3.05, 3.63) is 169 Å². The third-order valence-electron chi connectivity index (χ3n) is 15.1. The number of carbonyl (C=O) groups is 8. The summed E-state index contributed by atoms with van der Waals surface area (Å²) in [6, 6.07) is 32.0. The third kappa shape index (κ3) is 6.71. The van der Waals surface area contributed by atoms with Gasteiger partial charge in [0.25, 0.3) is 11.8 Å². The molecule has 77 heavy (non-hydrogen) atoms. The predicted octanol–water partition coefficient (Wildman–Crippen LogP) is 3.55. The van der Waals surface area contributed by atoms with Crippen LogP contribution in [0.25, 0.3) is 133 Å². The van der Waals surface area contributed by atoms with E-state index in [-0.39, 0.29) is 230 Å². The molecule has 6 heterocycles. The number of nitrogens with zero attached hydrogens (tertiary/aromatic N) is 5. The van der Waals surface area contributed by atoms with E-state index in [0.29, 0.717) is 102 Å². The molecule has 0 aliphatic carbocycles. The molecule has 4 aliphatic rings. The van der Waals surface area contributed by atoms with Crippen LogP contribution in [-0.4, -0.2) is 47.3 Å². The Balaban J connectivity index is 0.00000189. The normalized spacial score (nSPS) is 14.3. The molecule has 0 bridgehead atoms. The van der Waals surface area contributed by atoms with Crippen molar-refractivity contribution in [3.8, 4) is 42.8 Å². The van der Waals surface area contributed by atoms with Crippen molar-refractivity contribution in [2.24, 2.45) is 0 Å². The van der Waals surface area contributed by atoms with E-state index in [0.717, 1.165) is 14.6 Å². The molecule has 8 amide bonds. The average Bonchev–Trinajstić information content (AvgIpc) is 4.12. The van der Waals surface area contributed by atoms with Crippen LogP contribution in [0.2, 0.25) is 0 Å². The number of hydrogen-bond donors (Lipinski definition) is 1. The molecule has 14 nitrogen and oxygen atoms in total. The number of rotatable bonds is 3. The Morgan fingerprint density at radius 1 is 0.312 bits per heavy atom. The first-order valence-electron chi connectivity index (χ1n) is 22.8. The van der Waals surface area contributed by atoms with E-state index >= 15 is 0 Å². The number of benzene rings is 10. The quantitative estimate of drug-likeness (QED) is 0.153. The molecule has 12 aromatic rings. The Morgan fingerprint density at radius 2 is 0.649 bits per heavy atom. The molecular weight excluding hydrogens is 1230 g/mol. The SMILES string of the molecule is N#Cc1cc2c3c(ccc4c5c(-c6ccc(-c7ccc(-c8cc9c%10c(cc(C#N)c%11c%12ccc%13c%14c(ccc(c8c%10%11)c%14%12)C(=O)[N-]C%13=O)C(=O)[N-]C9=O)s7)s6)cc6c7c(ccc(c1c34)c75)C(=O)NC6=O)C(=O)[N-]C2=O.[Rb+].[Rb+].[Rb+]. The van der Waals surface area contributed by atoms with Crippen molar-refractivity contribution in [3.63, 3.8) is 0 Å². The Bertz CT molecular complexity index is 5100. The van der Waals surface area contributed by atoms with Crippen molar-refractivity contribution in [1.29, 1.82) is 10.5 Å². The van der Waals surface area contributed by atoms with E-state index in [9.17, 15) is 48.9 Å². The third-order valence-corrected chi connectivity index (χ3v) is 17.6. The van der Waals surface area contributed by atoms with Crippen LogP contribution in [0.15, 0.2) is 97.1 Å². The number of fused-ring (bicyclic) bond motifs is 4. The number of carbonyl (C=O) groups excluding carboxylic acids is 8. The van der Waals surface area contributed by atoms with E-state index in [1.165, 1.54) is 34.8 Å². The zero-order valence-electron chi connectivity index (χ0n) is 40.1. The molecule has 0 spiro atoms. The molecule has 19 heteroatoms. The Kier molecular flexibility index (Phi) is 12.1. The van der Waals surface area contributed by atoms with Crippen LogP contribution >= 0.6 is 22.7 Å². The Hall–Kier alpha value is -4.84. The molecule has 342 valence electrons. The van der Waals surface area contributed by atoms with Gasteiger partial charge in [-0.25, -0.2) is 0 Å². The van der Waals surface area contributed by atoms with Gasteiger partial charge in [-0.15, -0.1) is 22.7 Å². The van der Waals surface area contributed by atoms with Crippen molar-refractivity contribution in [2.45, 2.75) is 0 Å². The van der Waals surface area contributed by atoms with Crippen molar-refractivity contribution < 1.29 is 213 Å². The van der Waals surface area contributed by atoms with Gasteiger partial charge in [0.2, 0.25) is 0 Å². The van der Waals surface area contributed by atoms with Gasteiger partial charge < -0.3 is 44.7 Å². The average molecular weight is 1250 g/mol. The number of hydrogen-bond acceptors (Lipinski definition) is 12. The molecule has 4 aliphatic heterocycles. The second-order valence-electron chi connectivity index (χ2n) is 18.5. The van der Waals surface area contributed by atoms with E-state index in [1.807, 2.05) is 24.3 Å². The topological polar surface area (TPSA) is 238 Å². The summed E-state index contributed by atoms with van der Waals surface area (Å²) in [4.78, 5) is 111. The molecule has 16 rings (SSSR count). The van der Waals surface area contributed by atoms with Gasteiger partial charge in [0, 0.05) is 118 Å². The van der Waals surface area contributed by atoms with Crippen LogP contribution in [0.3, 0.4) is 0 Å². The first-order chi connectivity index (χ1) is 35.9. The van der Waals surface area contributed by atoms with E-state index in [1.54, 1.807) is 60.7 Å². The molecule has 0 saturated carbocycles. The van der Waals surface area contributed by atoms with Gasteiger partial charge >= 0.3 is 175 Å². The largest absolute Gasteiger partial charge is 1.00 e. The molecule has 1 N–H and O–H groups in total. The van der Waals surface area contributed by atoms with Crippen LogP contribution in [0, 0.1) is 22.7 Å².